The first-order valence-corrected chi connectivity index (χ1v) is 6.18. The van der Waals surface area contributed by atoms with Crippen LogP contribution in [0.5, 0.6) is 0 Å². The van der Waals surface area contributed by atoms with Crippen molar-refractivity contribution in [3.63, 3.8) is 0 Å². The van der Waals surface area contributed by atoms with Crippen LogP contribution in [0.15, 0.2) is 24.3 Å². The molecule has 0 aliphatic heterocycles. The van der Waals surface area contributed by atoms with Crippen LogP contribution in [0.2, 0.25) is 0 Å². The summed E-state index contributed by atoms with van der Waals surface area (Å²) in [5.74, 6) is 0.440. The maximum atomic E-state index is 11.9. The van der Waals surface area contributed by atoms with Gasteiger partial charge in [0.15, 0.2) is 11.6 Å². The minimum Gasteiger partial charge on any atom is -0.308 e. The molecule has 1 aromatic heterocycles. The minimum absolute atomic E-state index is 0.0483. The van der Waals surface area contributed by atoms with Crippen molar-refractivity contribution in [3.8, 4) is 0 Å². The van der Waals surface area contributed by atoms with Gasteiger partial charge in [-0.05, 0) is 32.9 Å². The van der Waals surface area contributed by atoms with Crippen LogP contribution >= 0.6 is 0 Å². The number of aromatic nitrogens is 2. The number of Topliss-reactive ketones (excluding diaryl/α,β-unsaturated/α-hetero) is 1. The van der Waals surface area contributed by atoms with E-state index in [9.17, 15) is 9.59 Å². The predicted molar refractivity (Wildman–Crippen MR) is 77.1 cm³/mol. The number of carbonyl (C=O) groups is 2. The van der Waals surface area contributed by atoms with E-state index in [1.807, 2.05) is 13.8 Å². The highest BCUT2D eigenvalue weighted by molar-refractivity contribution is 6.01. The third-order valence-electron chi connectivity index (χ3n) is 3.01. The van der Waals surface area contributed by atoms with E-state index >= 15 is 0 Å². The van der Waals surface area contributed by atoms with Gasteiger partial charge in [0.25, 0.3) is 0 Å². The highest BCUT2D eigenvalue weighted by Gasteiger charge is 2.10. The van der Waals surface area contributed by atoms with E-state index in [1.165, 1.54) is 6.92 Å². The van der Waals surface area contributed by atoms with E-state index in [0.29, 0.717) is 17.1 Å². The normalized spacial score (nSPS) is 10.2. The monoisotopic (exact) mass is 272 g/mol. The summed E-state index contributed by atoms with van der Waals surface area (Å²) >= 11 is 0. The summed E-state index contributed by atoms with van der Waals surface area (Å²) in [6, 6.07) is 6.36. The lowest BCUT2D eigenvalue weighted by atomic mass is 10.1. The molecule has 0 spiro atoms. The Balaban J connectivity index is 2.06. The van der Waals surface area contributed by atoms with Gasteiger partial charge >= 0.3 is 6.03 Å². The van der Waals surface area contributed by atoms with E-state index in [1.54, 1.807) is 24.3 Å². The van der Waals surface area contributed by atoms with Crippen LogP contribution in [-0.4, -0.2) is 22.0 Å². The number of nitrogens with zero attached hydrogens (tertiary/aromatic N) is 1. The van der Waals surface area contributed by atoms with Crippen molar-refractivity contribution in [2.24, 2.45) is 0 Å². The quantitative estimate of drug-likeness (QED) is 0.751. The molecule has 0 saturated carbocycles. The highest BCUT2D eigenvalue weighted by Crippen LogP contribution is 2.15. The number of aryl methyl sites for hydroxylation is 1. The molecule has 1 heterocycles. The first-order chi connectivity index (χ1) is 9.47. The van der Waals surface area contributed by atoms with Gasteiger partial charge in [-0.2, -0.15) is 5.10 Å². The van der Waals surface area contributed by atoms with Crippen molar-refractivity contribution in [2.45, 2.75) is 20.8 Å². The number of aromatic amines is 1. The summed E-state index contributed by atoms with van der Waals surface area (Å²) in [4.78, 5) is 23.1. The predicted octanol–water partition coefficient (Wildman–Crippen LogP) is 2.87. The van der Waals surface area contributed by atoms with E-state index in [4.69, 9.17) is 0 Å². The van der Waals surface area contributed by atoms with Gasteiger partial charge < -0.3 is 5.32 Å². The molecule has 2 rings (SSSR count). The van der Waals surface area contributed by atoms with Crippen LogP contribution in [0.3, 0.4) is 0 Å². The number of H-pyrrole nitrogens is 1. The molecule has 20 heavy (non-hydrogen) atoms. The Morgan fingerprint density at radius 1 is 1.20 bits per heavy atom. The summed E-state index contributed by atoms with van der Waals surface area (Å²) < 4.78 is 0. The number of hydrogen-bond acceptors (Lipinski definition) is 3. The summed E-state index contributed by atoms with van der Waals surface area (Å²) in [6.45, 7) is 5.22. The number of nitrogens with one attached hydrogen (secondary N) is 3. The Bertz CT molecular complexity index is 661. The number of ketones is 1. The Hall–Kier alpha value is -2.63. The van der Waals surface area contributed by atoms with E-state index < -0.39 is 6.03 Å². The summed E-state index contributed by atoms with van der Waals surface area (Å²) in [6.07, 6.45) is 0. The molecule has 104 valence electrons. The van der Waals surface area contributed by atoms with Crippen molar-refractivity contribution >= 4 is 23.3 Å². The topological polar surface area (TPSA) is 86.9 Å². The molecule has 2 aromatic rings. The van der Waals surface area contributed by atoms with Crippen molar-refractivity contribution in [2.75, 3.05) is 10.6 Å². The lowest BCUT2D eigenvalue weighted by molar-refractivity contribution is 0.101. The van der Waals surface area contributed by atoms with Gasteiger partial charge in [-0.1, -0.05) is 12.1 Å². The molecule has 1 aromatic carbocycles. The van der Waals surface area contributed by atoms with Crippen molar-refractivity contribution in [3.05, 3.63) is 41.1 Å². The molecule has 3 N–H and O–H groups in total. The SMILES string of the molecule is CC(=O)c1cccc(NC(=O)Nc2n[nH]c(C)c2C)c1. The number of hydrogen-bond donors (Lipinski definition) is 3. The van der Waals surface area contributed by atoms with Gasteiger partial charge in [-0.3, -0.25) is 15.2 Å². The fourth-order valence-corrected chi connectivity index (χ4v) is 1.69. The number of anilines is 2. The maximum absolute atomic E-state index is 11.9. The van der Waals surface area contributed by atoms with E-state index in [0.717, 1.165) is 11.3 Å². The summed E-state index contributed by atoms with van der Waals surface area (Å²) in [7, 11) is 0. The van der Waals surface area contributed by atoms with Gasteiger partial charge in [-0.15, -0.1) is 0 Å². The largest absolute Gasteiger partial charge is 0.324 e. The van der Waals surface area contributed by atoms with E-state index in [2.05, 4.69) is 20.8 Å². The third kappa shape index (κ3) is 3.03. The molecule has 2 amide bonds. The van der Waals surface area contributed by atoms with Gasteiger partial charge in [-0.25, -0.2) is 4.79 Å². The molecule has 0 saturated heterocycles. The molecule has 0 atom stereocenters. The Labute approximate surface area is 116 Å². The number of carbonyl (C=O) groups excluding carboxylic acids is 2. The number of amides is 2. The highest BCUT2D eigenvalue weighted by atomic mass is 16.2. The fraction of sp³-hybridized carbons (Fsp3) is 0.214. The second kappa shape index (κ2) is 5.56. The zero-order chi connectivity index (χ0) is 14.7. The van der Waals surface area contributed by atoms with Gasteiger partial charge in [0.2, 0.25) is 0 Å². The van der Waals surface area contributed by atoms with Crippen LogP contribution in [0.1, 0.15) is 28.5 Å². The standard InChI is InChI=1S/C14H16N4O2/c1-8-9(2)17-18-13(8)16-14(20)15-12-6-4-5-11(7-12)10(3)19/h4-7H,1-3H3,(H3,15,16,17,18,20). The Morgan fingerprint density at radius 2 is 1.95 bits per heavy atom. The second-order valence-electron chi connectivity index (χ2n) is 4.54. The van der Waals surface area contributed by atoms with Crippen LogP contribution in [0, 0.1) is 13.8 Å². The molecule has 0 aliphatic carbocycles. The number of rotatable bonds is 3. The van der Waals surface area contributed by atoms with Gasteiger partial charge in [0, 0.05) is 22.5 Å². The molecule has 0 fully saturated rings. The molecular formula is C14H16N4O2. The van der Waals surface area contributed by atoms with Gasteiger partial charge in [0.1, 0.15) is 0 Å². The third-order valence-corrected chi connectivity index (χ3v) is 3.01. The molecule has 6 heteroatoms. The fourth-order valence-electron chi connectivity index (χ4n) is 1.69. The number of urea groups is 1. The van der Waals surface area contributed by atoms with Crippen molar-refractivity contribution in [1.82, 2.24) is 10.2 Å². The maximum Gasteiger partial charge on any atom is 0.324 e. The minimum atomic E-state index is -0.402. The average molecular weight is 272 g/mol. The van der Waals surface area contributed by atoms with Gasteiger partial charge in [0.05, 0.1) is 0 Å². The lowest BCUT2D eigenvalue weighted by Gasteiger charge is -2.07. The van der Waals surface area contributed by atoms with Crippen molar-refractivity contribution < 1.29 is 9.59 Å². The molecule has 0 radical (unpaired) electrons. The first-order valence-electron chi connectivity index (χ1n) is 6.18. The Morgan fingerprint density at radius 3 is 2.55 bits per heavy atom. The zero-order valence-corrected chi connectivity index (χ0v) is 11.6. The van der Waals surface area contributed by atoms with Crippen LogP contribution in [0.25, 0.3) is 0 Å². The molecule has 0 bridgehead atoms. The Kier molecular flexibility index (Phi) is 3.84. The van der Waals surface area contributed by atoms with Crippen LogP contribution in [-0.2, 0) is 0 Å². The summed E-state index contributed by atoms with van der Waals surface area (Å²) in [5, 5.41) is 12.1. The average Bonchev–Trinajstić information content (AvgIpc) is 2.71. The molecule has 0 unspecified atom stereocenters. The van der Waals surface area contributed by atoms with E-state index in [-0.39, 0.29) is 5.78 Å². The second-order valence-corrected chi connectivity index (χ2v) is 4.54. The smallest absolute Gasteiger partial charge is 0.308 e. The molecular weight excluding hydrogens is 256 g/mol. The summed E-state index contributed by atoms with van der Waals surface area (Å²) in [5.41, 5.74) is 2.89. The van der Waals surface area contributed by atoms with Crippen LogP contribution < -0.4 is 10.6 Å². The zero-order valence-electron chi connectivity index (χ0n) is 11.6. The van der Waals surface area contributed by atoms with Crippen LogP contribution in [0.4, 0.5) is 16.3 Å². The number of benzene rings is 1. The molecule has 0 aliphatic rings. The lowest BCUT2D eigenvalue weighted by Crippen LogP contribution is -2.20. The first kappa shape index (κ1) is 13.8. The van der Waals surface area contributed by atoms with Crippen molar-refractivity contribution in [1.29, 1.82) is 0 Å². The molecule has 6 nitrogen and oxygen atoms in total.